The van der Waals surface area contributed by atoms with Crippen LogP contribution in [0.2, 0.25) is 5.02 Å². The lowest BCUT2D eigenvalue weighted by molar-refractivity contribution is 0.103. The van der Waals surface area contributed by atoms with E-state index in [0.717, 1.165) is 60.9 Å². The second-order valence-electron chi connectivity index (χ2n) is 10.5. The smallest absolute Gasteiger partial charge is 0.193 e. The van der Waals surface area contributed by atoms with Gasteiger partial charge in [0.1, 0.15) is 11.2 Å². The van der Waals surface area contributed by atoms with Crippen molar-refractivity contribution in [1.29, 1.82) is 0 Å². The standard InChI is InChI=1S/C38H23ClO2/c39-27-22-31(37-32(23-27)28-15-8-10-18-35(28)41-37)24-19-20-30-34(21-24)38(25-11-3-1-4-12-25,26-13-5-2-6-14-26)33-17-9-7-16-29(33)36(30)40/h1-23H. The summed E-state index contributed by atoms with van der Waals surface area (Å²) >= 11 is 6.72. The number of fused-ring (bicyclic) bond motifs is 5. The molecule has 1 aliphatic carbocycles. The van der Waals surface area contributed by atoms with E-state index in [1.165, 1.54) is 0 Å². The SMILES string of the molecule is O=C1c2ccccc2C(c2ccccc2)(c2ccccc2)c2cc(-c3cc(Cl)cc4c3oc3ccccc34)ccc21. The van der Waals surface area contributed by atoms with Crippen LogP contribution in [-0.2, 0) is 5.41 Å². The van der Waals surface area contributed by atoms with Crippen molar-refractivity contribution in [2.75, 3.05) is 0 Å². The maximum absolute atomic E-state index is 14.1. The summed E-state index contributed by atoms with van der Waals surface area (Å²) < 4.78 is 6.41. The van der Waals surface area contributed by atoms with Crippen LogP contribution in [0.15, 0.2) is 144 Å². The molecule has 7 aromatic rings. The number of rotatable bonds is 3. The second-order valence-corrected chi connectivity index (χ2v) is 11.0. The molecule has 0 N–H and O–H groups in total. The summed E-state index contributed by atoms with van der Waals surface area (Å²) in [5.74, 6) is 0.0321. The Labute approximate surface area is 242 Å². The van der Waals surface area contributed by atoms with Gasteiger partial charge < -0.3 is 4.42 Å². The average Bonchev–Trinajstić information content (AvgIpc) is 3.40. The summed E-state index contributed by atoms with van der Waals surface area (Å²) in [6.07, 6.45) is 0. The Morgan fingerprint density at radius 3 is 1.93 bits per heavy atom. The van der Waals surface area contributed by atoms with Crippen molar-refractivity contribution in [2.24, 2.45) is 0 Å². The molecular formula is C38H23ClO2. The Balaban J connectivity index is 1.50. The largest absolute Gasteiger partial charge is 0.455 e. The van der Waals surface area contributed by atoms with Crippen LogP contribution in [0.3, 0.4) is 0 Å². The first-order valence-electron chi connectivity index (χ1n) is 13.7. The van der Waals surface area contributed by atoms with E-state index in [0.29, 0.717) is 10.6 Å². The highest BCUT2D eigenvalue weighted by Crippen LogP contribution is 2.52. The molecule has 194 valence electrons. The molecule has 2 nitrogen and oxygen atoms in total. The molecular weight excluding hydrogens is 524 g/mol. The van der Waals surface area contributed by atoms with E-state index in [2.05, 4.69) is 66.7 Å². The zero-order valence-electron chi connectivity index (χ0n) is 22.0. The third-order valence-corrected chi connectivity index (χ3v) is 8.63. The molecule has 8 rings (SSSR count). The zero-order chi connectivity index (χ0) is 27.6. The van der Waals surface area contributed by atoms with Crippen LogP contribution in [0.4, 0.5) is 0 Å². The third kappa shape index (κ3) is 3.41. The molecule has 3 heteroatoms. The number of halogens is 1. The minimum atomic E-state index is -0.704. The minimum Gasteiger partial charge on any atom is -0.455 e. The van der Waals surface area contributed by atoms with E-state index >= 15 is 0 Å². The van der Waals surface area contributed by atoms with E-state index in [4.69, 9.17) is 16.0 Å². The first-order chi connectivity index (χ1) is 20.2. The molecule has 0 amide bonds. The van der Waals surface area contributed by atoms with Crippen molar-refractivity contribution in [3.05, 3.63) is 178 Å². The molecule has 6 aromatic carbocycles. The molecule has 0 unspecified atom stereocenters. The number of ketones is 1. The van der Waals surface area contributed by atoms with Crippen molar-refractivity contribution in [1.82, 2.24) is 0 Å². The van der Waals surface area contributed by atoms with Gasteiger partial charge in [0.05, 0.1) is 5.41 Å². The molecule has 1 aromatic heterocycles. The van der Waals surface area contributed by atoms with Gasteiger partial charge in [-0.05, 0) is 52.1 Å². The summed E-state index contributed by atoms with van der Waals surface area (Å²) in [4.78, 5) is 14.1. The quantitative estimate of drug-likeness (QED) is 0.221. The van der Waals surface area contributed by atoms with Gasteiger partial charge in [-0.25, -0.2) is 0 Å². The maximum atomic E-state index is 14.1. The normalized spacial score (nSPS) is 13.7. The lowest BCUT2D eigenvalue weighted by atomic mass is 9.59. The fourth-order valence-electron chi connectivity index (χ4n) is 6.69. The van der Waals surface area contributed by atoms with Crippen LogP contribution >= 0.6 is 11.6 Å². The number of carbonyl (C=O) groups excluding carboxylic acids is 1. The van der Waals surface area contributed by atoms with Crippen LogP contribution in [0.5, 0.6) is 0 Å². The van der Waals surface area contributed by atoms with Crippen LogP contribution in [-0.4, -0.2) is 5.78 Å². The number of furan rings is 1. The van der Waals surface area contributed by atoms with Gasteiger partial charge in [0.2, 0.25) is 0 Å². The molecule has 0 aliphatic heterocycles. The van der Waals surface area contributed by atoms with Gasteiger partial charge in [0.15, 0.2) is 5.78 Å². The predicted octanol–water partition coefficient (Wildman–Crippen LogP) is 9.83. The van der Waals surface area contributed by atoms with Crippen LogP contribution < -0.4 is 0 Å². The lowest BCUT2D eigenvalue weighted by Gasteiger charge is -2.42. The highest BCUT2D eigenvalue weighted by molar-refractivity contribution is 6.32. The van der Waals surface area contributed by atoms with Gasteiger partial charge in [-0.3, -0.25) is 4.79 Å². The van der Waals surface area contributed by atoms with E-state index in [1.54, 1.807) is 0 Å². The third-order valence-electron chi connectivity index (χ3n) is 8.41. The fraction of sp³-hybridized carbons (Fsp3) is 0.0263. The number of benzene rings is 6. The van der Waals surface area contributed by atoms with Gasteiger partial charge in [-0.1, -0.05) is 127 Å². The molecule has 0 atom stereocenters. The number of hydrogen-bond acceptors (Lipinski definition) is 2. The first-order valence-corrected chi connectivity index (χ1v) is 14.0. The molecule has 0 saturated heterocycles. The Morgan fingerprint density at radius 2 is 1.17 bits per heavy atom. The molecule has 1 aliphatic rings. The van der Waals surface area contributed by atoms with Crippen LogP contribution in [0.25, 0.3) is 33.1 Å². The average molecular weight is 547 g/mol. The van der Waals surface area contributed by atoms with Crippen molar-refractivity contribution in [2.45, 2.75) is 5.41 Å². The minimum absolute atomic E-state index is 0.0321. The van der Waals surface area contributed by atoms with Gasteiger partial charge in [-0.15, -0.1) is 0 Å². The summed E-state index contributed by atoms with van der Waals surface area (Å²) in [7, 11) is 0. The van der Waals surface area contributed by atoms with Crippen LogP contribution in [0.1, 0.15) is 38.2 Å². The number of carbonyl (C=O) groups is 1. The monoisotopic (exact) mass is 546 g/mol. The number of hydrogen-bond donors (Lipinski definition) is 0. The highest BCUT2D eigenvalue weighted by Gasteiger charge is 2.46. The Bertz CT molecular complexity index is 2080. The van der Waals surface area contributed by atoms with Gasteiger partial charge in [0.25, 0.3) is 0 Å². The molecule has 41 heavy (non-hydrogen) atoms. The lowest BCUT2D eigenvalue weighted by Crippen LogP contribution is -2.38. The zero-order valence-corrected chi connectivity index (χ0v) is 22.7. The van der Waals surface area contributed by atoms with E-state index < -0.39 is 5.41 Å². The molecule has 0 radical (unpaired) electrons. The van der Waals surface area contributed by atoms with E-state index in [9.17, 15) is 4.79 Å². The highest BCUT2D eigenvalue weighted by atomic mass is 35.5. The number of para-hydroxylation sites is 1. The van der Waals surface area contributed by atoms with E-state index in [1.807, 2.05) is 72.8 Å². The summed E-state index contributed by atoms with van der Waals surface area (Å²) in [5.41, 5.74) is 8.28. The molecule has 0 bridgehead atoms. The molecule has 0 saturated carbocycles. The summed E-state index contributed by atoms with van der Waals surface area (Å²) in [6, 6.07) is 47.1. The van der Waals surface area contributed by atoms with Gasteiger partial charge >= 0.3 is 0 Å². The Kier molecular flexibility index (Phi) is 5.28. The van der Waals surface area contributed by atoms with Gasteiger partial charge in [-0.2, -0.15) is 0 Å². The summed E-state index contributed by atoms with van der Waals surface area (Å²) in [6.45, 7) is 0. The Hall–Kier alpha value is -4.92. The van der Waals surface area contributed by atoms with Crippen molar-refractivity contribution in [3.8, 4) is 11.1 Å². The molecule has 0 spiro atoms. The maximum Gasteiger partial charge on any atom is 0.193 e. The van der Waals surface area contributed by atoms with Crippen LogP contribution in [0, 0.1) is 0 Å². The molecule has 0 fully saturated rings. The second kappa shape index (κ2) is 9.05. The van der Waals surface area contributed by atoms with Crippen molar-refractivity contribution < 1.29 is 9.21 Å². The van der Waals surface area contributed by atoms with Crippen molar-refractivity contribution >= 4 is 39.3 Å². The fourth-order valence-corrected chi connectivity index (χ4v) is 6.91. The topological polar surface area (TPSA) is 30.2 Å². The van der Waals surface area contributed by atoms with E-state index in [-0.39, 0.29) is 5.78 Å². The summed E-state index contributed by atoms with van der Waals surface area (Å²) in [5, 5.41) is 2.63. The molecule has 1 heterocycles. The van der Waals surface area contributed by atoms with Gasteiger partial charge in [0, 0.05) is 32.5 Å². The predicted molar refractivity (Wildman–Crippen MR) is 166 cm³/mol. The first kappa shape index (κ1) is 23.9. The van der Waals surface area contributed by atoms with Crippen molar-refractivity contribution in [3.63, 3.8) is 0 Å². The Morgan fingerprint density at radius 1 is 0.537 bits per heavy atom.